The molecule has 0 bridgehead atoms. The second-order valence-electron chi connectivity index (χ2n) is 16.5. The fraction of sp³-hybridized carbons (Fsp3) is 0.630. The maximum Gasteiger partial charge on any atom is 0.407 e. The number of carbonyl (C=O) groups excluding carboxylic acids is 2. The van der Waals surface area contributed by atoms with Gasteiger partial charge in [-0.15, -0.1) is 13.2 Å². The Morgan fingerprint density at radius 1 is 0.804 bits per heavy atom. The Hall–Kier alpha value is -3.50. The van der Waals surface area contributed by atoms with Gasteiger partial charge in [-0.3, -0.25) is 4.79 Å². The highest BCUT2D eigenvalue weighted by Crippen LogP contribution is 2.36. The number of fused-ring (bicyclic) bond motifs is 3. The Kier molecular flexibility index (Phi) is 24.1. The van der Waals surface area contributed by atoms with E-state index in [1.54, 1.807) is 6.92 Å². The van der Waals surface area contributed by atoms with Crippen molar-refractivity contribution in [1.82, 2.24) is 10.0 Å². The second kappa shape index (κ2) is 25.7. The van der Waals surface area contributed by atoms with E-state index in [0.29, 0.717) is 12.0 Å². The minimum absolute atomic E-state index is 0. The summed E-state index contributed by atoms with van der Waals surface area (Å²) < 4.78 is 29.6. The molecule has 1 amide bonds. The van der Waals surface area contributed by atoms with Crippen molar-refractivity contribution in [3.05, 3.63) is 72.8 Å². The van der Waals surface area contributed by atoms with Crippen LogP contribution in [-0.4, -0.2) is 56.1 Å². The molecule has 10 heteroatoms. The molecule has 3 aliphatic rings. The van der Waals surface area contributed by atoms with E-state index in [1.807, 2.05) is 53.7 Å². The molecule has 1 atom stereocenters. The zero-order valence-corrected chi connectivity index (χ0v) is 36.9. The number of Topliss-reactive ketones (excluding diaryl/α,β-unsaturated/α-hetero) is 1. The number of hydrogen-bond acceptors (Lipinski definition) is 7. The zero-order chi connectivity index (χ0) is 41.9. The normalized spacial score (nSPS) is 15.1. The van der Waals surface area contributed by atoms with Gasteiger partial charge >= 0.3 is 6.09 Å². The summed E-state index contributed by atoms with van der Waals surface area (Å²) in [6.07, 6.45) is 6.88. The fourth-order valence-electron chi connectivity index (χ4n) is 5.60. The van der Waals surface area contributed by atoms with Crippen molar-refractivity contribution < 1.29 is 27.6 Å². The summed E-state index contributed by atoms with van der Waals surface area (Å²) in [6.45, 7) is 30.8. The molecule has 2 N–H and O–H groups in total. The number of carbonyl (C=O) groups is 2. The van der Waals surface area contributed by atoms with Gasteiger partial charge in [-0.05, 0) is 88.7 Å². The molecule has 5 rings (SSSR count). The van der Waals surface area contributed by atoms with Crippen molar-refractivity contribution in [2.75, 3.05) is 6.61 Å². The summed E-state index contributed by atoms with van der Waals surface area (Å²) in [7, 11) is -2.94. The average molecular weight is 800 g/mol. The van der Waals surface area contributed by atoms with E-state index in [-0.39, 0.29) is 48.5 Å². The summed E-state index contributed by atoms with van der Waals surface area (Å²) >= 11 is 0. The summed E-state index contributed by atoms with van der Waals surface area (Å²) in [6, 6.07) is 16.3. The number of sulfonamides is 1. The van der Waals surface area contributed by atoms with Crippen LogP contribution in [-0.2, 0) is 24.4 Å². The van der Waals surface area contributed by atoms with E-state index < -0.39 is 16.1 Å². The lowest BCUT2D eigenvalue weighted by molar-refractivity contribution is -0.125. The van der Waals surface area contributed by atoms with Crippen LogP contribution < -0.4 is 10.0 Å². The molecule has 56 heavy (non-hydrogen) atoms. The minimum Gasteiger partial charge on any atom is -0.450 e. The largest absolute Gasteiger partial charge is 0.450 e. The lowest BCUT2D eigenvalue weighted by Gasteiger charge is -2.30. The molecule has 0 radical (unpaired) electrons. The van der Waals surface area contributed by atoms with E-state index in [4.69, 9.17) is 9.57 Å². The van der Waals surface area contributed by atoms with Crippen LogP contribution in [0.15, 0.2) is 66.8 Å². The van der Waals surface area contributed by atoms with Gasteiger partial charge in [0.15, 0.2) is 5.78 Å². The first-order chi connectivity index (χ1) is 25.8. The third kappa shape index (κ3) is 18.2. The Bertz CT molecular complexity index is 1540. The number of ether oxygens (including phenoxy) is 1. The van der Waals surface area contributed by atoms with E-state index in [2.05, 4.69) is 99.4 Å². The van der Waals surface area contributed by atoms with Gasteiger partial charge in [0, 0.05) is 23.1 Å². The predicted molar refractivity (Wildman–Crippen MR) is 237 cm³/mol. The van der Waals surface area contributed by atoms with Crippen molar-refractivity contribution in [2.45, 2.75) is 159 Å². The van der Waals surface area contributed by atoms with Gasteiger partial charge in [0.05, 0.1) is 17.9 Å². The average Bonchev–Trinajstić information content (AvgIpc) is 3.95. The highest BCUT2D eigenvalue weighted by molar-refractivity contribution is 7.90. The van der Waals surface area contributed by atoms with E-state index >= 15 is 0 Å². The monoisotopic (exact) mass is 800 g/mol. The molecule has 0 unspecified atom stereocenters. The maximum absolute atomic E-state index is 12.2. The van der Waals surface area contributed by atoms with Crippen LogP contribution in [0.25, 0.3) is 11.1 Å². The van der Waals surface area contributed by atoms with E-state index in [1.165, 1.54) is 17.5 Å². The van der Waals surface area contributed by atoms with Crippen molar-refractivity contribution in [2.24, 2.45) is 28.3 Å². The lowest BCUT2D eigenvalue weighted by atomic mass is 9.80. The highest BCUT2D eigenvalue weighted by atomic mass is 32.2. The van der Waals surface area contributed by atoms with Gasteiger partial charge < -0.3 is 14.9 Å². The molecule has 3 aliphatic carbocycles. The number of amides is 1. The van der Waals surface area contributed by atoms with Gasteiger partial charge in [-0.25, -0.2) is 17.9 Å². The molecule has 0 aliphatic heterocycles. The molecule has 0 saturated heterocycles. The second-order valence-corrected chi connectivity index (χ2v) is 18.5. The molecular formula is C46H77N3O6S. The molecule has 0 aromatic heterocycles. The number of nitrogens with one attached hydrogen (secondary N) is 2. The SMILES string of the molecule is C.C=C.CC(C)C(C)(C)C.CC(C)NS(=O)(=O)C1CC1.CC(C)ON=C1c2ccccc2-c2ccccc21.CCOC(=O)N[C@H](C(=O)C(C)C)C1CCCCC1. The quantitative estimate of drug-likeness (QED) is 0.155. The molecule has 0 spiro atoms. The van der Waals surface area contributed by atoms with Crippen LogP contribution in [0.5, 0.6) is 0 Å². The molecule has 9 nitrogen and oxygen atoms in total. The van der Waals surface area contributed by atoms with Gasteiger partial charge in [0.2, 0.25) is 10.0 Å². The maximum atomic E-state index is 12.2. The van der Waals surface area contributed by atoms with E-state index in [9.17, 15) is 18.0 Å². The molecule has 2 fully saturated rings. The minimum atomic E-state index is -2.94. The first kappa shape index (κ1) is 52.5. The fourth-order valence-corrected chi connectivity index (χ4v) is 7.21. The van der Waals surface area contributed by atoms with Crippen LogP contribution in [0.3, 0.4) is 0 Å². The first-order valence-electron chi connectivity index (χ1n) is 20.2. The molecule has 318 valence electrons. The Morgan fingerprint density at radius 2 is 1.25 bits per heavy atom. The van der Waals surface area contributed by atoms with E-state index in [0.717, 1.165) is 61.3 Å². The van der Waals surface area contributed by atoms with Gasteiger partial charge in [-0.1, -0.05) is 129 Å². The van der Waals surface area contributed by atoms with Crippen molar-refractivity contribution >= 4 is 27.6 Å². The highest BCUT2D eigenvalue weighted by Gasteiger charge is 2.36. The lowest BCUT2D eigenvalue weighted by Crippen LogP contribution is -2.48. The summed E-state index contributed by atoms with van der Waals surface area (Å²) in [4.78, 5) is 29.2. The number of ketones is 1. The first-order valence-corrected chi connectivity index (χ1v) is 21.8. The van der Waals surface area contributed by atoms with Gasteiger partial charge in [-0.2, -0.15) is 0 Å². The number of alkyl carbamates (subject to hydrolysis) is 1. The van der Waals surface area contributed by atoms with Crippen LogP contribution in [0.2, 0.25) is 0 Å². The third-order valence-corrected chi connectivity index (χ3v) is 11.8. The molecule has 2 aromatic carbocycles. The number of oxime groups is 1. The number of benzene rings is 2. The van der Waals surface area contributed by atoms with Crippen LogP contribution in [0.4, 0.5) is 4.79 Å². The Labute approximate surface area is 341 Å². The number of nitrogens with zero attached hydrogens (tertiary/aromatic N) is 1. The molecule has 2 aromatic rings. The summed E-state index contributed by atoms with van der Waals surface area (Å²) in [5.41, 5.74) is 6.21. The molecular weight excluding hydrogens is 723 g/mol. The third-order valence-electron chi connectivity index (χ3n) is 9.65. The topological polar surface area (TPSA) is 123 Å². The van der Waals surface area contributed by atoms with Crippen molar-refractivity contribution in [1.29, 1.82) is 0 Å². The summed E-state index contributed by atoms with van der Waals surface area (Å²) in [5, 5.41) is 6.99. The Balaban J connectivity index is 0.000000747. The number of hydrogen-bond donors (Lipinski definition) is 2. The van der Waals surface area contributed by atoms with Crippen LogP contribution in [0.1, 0.15) is 147 Å². The van der Waals surface area contributed by atoms with Crippen LogP contribution in [0, 0.1) is 23.2 Å². The predicted octanol–water partition coefficient (Wildman–Crippen LogP) is 11.4. The Morgan fingerprint density at radius 3 is 1.61 bits per heavy atom. The van der Waals surface area contributed by atoms with Crippen molar-refractivity contribution in [3.63, 3.8) is 0 Å². The molecule has 0 heterocycles. The summed E-state index contributed by atoms with van der Waals surface area (Å²) in [5.74, 6) is 1.14. The smallest absolute Gasteiger partial charge is 0.407 e. The standard InChI is InChI=1S/C16H15NO.C14H25NO3.C7H16.C6H13NO2S.C2H4.CH4/c1-11(2)18-17-16-14-9-5-3-7-12(14)13-8-4-6-10-15(13)16;1-4-18-14(17)15-12(13(16)10(2)3)11-8-6-5-7-9-11;1-6(2)7(3,4)5;1-5(2)7-10(8,9)6-3-4-6;1-2;/h3-11H,1-2H3;10-12H,4-9H2,1-3H3,(H,15,17);6H,1-5H3;5-7H,3-4H2,1-2H3;1-2H2;1H4/t;12-;;;;/m.0..../s1. The zero-order valence-electron chi connectivity index (χ0n) is 36.0. The van der Waals surface area contributed by atoms with Gasteiger partial charge in [0.1, 0.15) is 11.8 Å². The van der Waals surface area contributed by atoms with Gasteiger partial charge in [0.25, 0.3) is 0 Å². The van der Waals surface area contributed by atoms with Crippen LogP contribution >= 0.6 is 0 Å². The number of rotatable bonds is 10. The van der Waals surface area contributed by atoms with Crippen molar-refractivity contribution in [3.8, 4) is 11.1 Å². The molecule has 2 saturated carbocycles.